The third kappa shape index (κ3) is 1.04. The van der Waals surface area contributed by atoms with E-state index in [-0.39, 0.29) is 11.3 Å². The second-order valence-corrected chi connectivity index (χ2v) is 3.37. The maximum atomic E-state index is 10.9. The van der Waals surface area contributed by atoms with Gasteiger partial charge in [-0.2, -0.15) is 0 Å². The molecule has 0 radical (unpaired) electrons. The number of thioether (sulfide) groups is 1. The van der Waals surface area contributed by atoms with Crippen LogP contribution in [0.1, 0.15) is 6.92 Å². The van der Waals surface area contributed by atoms with Crippen molar-refractivity contribution in [3.05, 3.63) is 10.4 Å². The quantitative estimate of drug-likeness (QED) is 0.290. The number of hydrogen-bond acceptors (Lipinski definition) is 3. The van der Waals surface area contributed by atoms with Crippen LogP contribution in [0.25, 0.3) is 10.4 Å². The van der Waals surface area contributed by atoms with Crippen molar-refractivity contribution in [1.29, 1.82) is 0 Å². The Balaban J connectivity index is 2.81. The molecule has 1 aliphatic heterocycles. The van der Waals surface area contributed by atoms with Gasteiger partial charge in [0.25, 0.3) is 0 Å². The molecule has 1 fully saturated rings. The van der Waals surface area contributed by atoms with Crippen molar-refractivity contribution in [2.45, 2.75) is 17.8 Å². The van der Waals surface area contributed by atoms with Crippen molar-refractivity contribution in [1.82, 2.24) is 5.32 Å². The molecule has 0 aromatic heterocycles. The molecule has 1 rings (SSSR count). The smallest absolute Gasteiger partial charge is 0.235 e. The number of nitrogens with zero attached hydrogens (tertiary/aromatic N) is 3. The van der Waals surface area contributed by atoms with Crippen molar-refractivity contribution in [2.75, 3.05) is 6.26 Å². The summed E-state index contributed by atoms with van der Waals surface area (Å²) in [4.78, 5) is 13.6. The normalized spacial score (nSPS) is 35.1. The molecule has 0 spiro atoms. The van der Waals surface area contributed by atoms with E-state index < -0.39 is 5.54 Å². The lowest BCUT2D eigenvalue weighted by atomic mass is 9.95. The second-order valence-electron chi connectivity index (χ2n) is 2.43. The highest BCUT2D eigenvalue weighted by Gasteiger charge is 2.50. The van der Waals surface area contributed by atoms with Crippen LogP contribution in [0.3, 0.4) is 0 Å². The maximum Gasteiger partial charge on any atom is 0.235 e. The molecular weight excluding hydrogens is 164 g/mol. The second kappa shape index (κ2) is 2.64. The summed E-state index contributed by atoms with van der Waals surface area (Å²) in [7, 11) is 0. The zero-order valence-corrected chi connectivity index (χ0v) is 7.05. The Labute approximate surface area is 68.2 Å². The SMILES string of the molecule is CSC1NC(=O)C1(C)N=[N+]=[N-]. The van der Waals surface area contributed by atoms with Gasteiger partial charge in [-0.05, 0) is 18.7 Å². The van der Waals surface area contributed by atoms with E-state index in [0.717, 1.165) is 0 Å². The third-order valence-electron chi connectivity index (χ3n) is 1.72. The van der Waals surface area contributed by atoms with E-state index in [4.69, 9.17) is 5.53 Å². The van der Waals surface area contributed by atoms with E-state index in [1.54, 1.807) is 6.92 Å². The van der Waals surface area contributed by atoms with Crippen molar-refractivity contribution in [2.24, 2.45) is 5.11 Å². The van der Waals surface area contributed by atoms with Gasteiger partial charge >= 0.3 is 0 Å². The topological polar surface area (TPSA) is 77.9 Å². The lowest BCUT2D eigenvalue weighted by Gasteiger charge is -2.41. The summed E-state index contributed by atoms with van der Waals surface area (Å²) < 4.78 is 0. The standard InChI is InChI=1S/C5H8N4OS/c1-5(8-9-6)3(10)7-4(5)11-2/h4H,1-2H3,(H,7,10). The van der Waals surface area contributed by atoms with E-state index in [9.17, 15) is 4.79 Å². The Morgan fingerprint density at radius 2 is 2.55 bits per heavy atom. The zero-order chi connectivity index (χ0) is 8.48. The monoisotopic (exact) mass is 172 g/mol. The molecule has 2 unspecified atom stereocenters. The molecule has 6 heteroatoms. The van der Waals surface area contributed by atoms with Crippen molar-refractivity contribution in [3.8, 4) is 0 Å². The van der Waals surface area contributed by atoms with Crippen LogP contribution in [-0.4, -0.2) is 23.1 Å². The van der Waals surface area contributed by atoms with Crippen LogP contribution in [0.5, 0.6) is 0 Å². The molecule has 1 N–H and O–H groups in total. The molecule has 1 saturated heterocycles. The summed E-state index contributed by atoms with van der Waals surface area (Å²) in [5, 5.41) is 5.99. The first-order valence-corrected chi connectivity index (χ1v) is 4.34. The van der Waals surface area contributed by atoms with E-state index in [1.807, 2.05) is 6.26 Å². The summed E-state index contributed by atoms with van der Waals surface area (Å²) in [5.74, 6) is -0.199. The van der Waals surface area contributed by atoms with Crippen molar-refractivity contribution in [3.63, 3.8) is 0 Å². The molecule has 0 aromatic carbocycles. The fourth-order valence-electron chi connectivity index (χ4n) is 0.926. The van der Waals surface area contributed by atoms with Crippen LogP contribution in [-0.2, 0) is 4.79 Å². The first-order chi connectivity index (χ1) is 5.15. The van der Waals surface area contributed by atoms with Crippen LogP contribution in [0.4, 0.5) is 0 Å². The molecule has 0 aromatic rings. The average Bonchev–Trinajstić information content (AvgIpc) is 2.00. The van der Waals surface area contributed by atoms with Gasteiger partial charge in [0.1, 0.15) is 0 Å². The first-order valence-electron chi connectivity index (χ1n) is 3.05. The number of nitrogens with one attached hydrogen (secondary N) is 1. The lowest BCUT2D eigenvalue weighted by Crippen LogP contribution is -2.67. The van der Waals surface area contributed by atoms with Gasteiger partial charge in [-0.15, -0.1) is 11.8 Å². The highest BCUT2D eigenvalue weighted by molar-refractivity contribution is 7.99. The van der Waals surface area contributed by atoms with Gasteiger partial charge in [0.15, 0.2) is 5.54 Å². The number of carbonyl (C=O) groups excluding carboxylic acids is 1. The maximum absolute atomic E-state index is 10.9. The molecule has 5 nitrogen and oxygen atoms in total. The Hall–Kier alpha value is -0.870. The first kappa shape index (κ1) is 8.23. The lowest BCUT2D eigenvalue weighted by molar-refractivity contribution is -0.133. The Bertz CT molecular complexity index is 233. The minimum absolute atomic E-state index is 0.0779. The van der Waals surface area contributed by atoms with Gasteiger partial charge in [0.2, 0.25) is 5.91 Å². The van der Waals surface area contributed by atoms with Crippen LogP contribution in [0.15, 0.2) is 5.11 Å². The van der Waals surface area contributed by atoms with Gasteiger partial charge in [-0.1, -0.05) is 5.11 Å². The summed E-state index contributed by atoms with van der Waals surface area (Å²) in [6.07, 6.45) is 1.86. The number of hydrogen-bond donors (Lipinski definition) is 1. The minimum Gasteiger partial charge on any atom is -0.342 e. The molecule has 11 heavy (non-hydrogen) atoms. The van der Waals surface area contributed by atoms with Crippen LogP contribution in [0.2, 0.25) is 0 Å². The highest BCUT2D eigenvalue weighted by atomic mass is 32.2. The number of carbonyl (C=O) groups is 1. The highest BCUT2D eigenvalue weighted by Crippen LogP contribution is 2.31. The predicted molar refractivity (Wildman–Crippen MR) is 43.0 cm³/mol. The summed E-state index contributed by atoms with van der Waals surface area (Å²) in [6.45, 7) is 1.63. The summed E-state index contributed by atoms with van der Waals surface area (Å²) in [6, 6.07) is 0. The molecule has 1 amide bonds. The molecule has 0 aliphatic carbocycles. The van der Waals surface area contributed by atoms with Crippen LogP contribution in [0, 0.1) is 0 Å². The molecule has 1 heterocycles. The largest absolute Gasteiger partial charge is 0.342 e. The zero-order valence-electron chi connectivity index (χ0n) is 6.24. The number of β-lactam (4-membered cyclic amide) rings is 1. The fraction of sp³-hybridized carbons (Fsp3) is 0.800. The van der Waals surface area contributed by atoms with Crippen molar-refractivity contribution < 1.29 is 4.79 Å². The number of rotatable bonds is 2. The van der Waals surface area contributed by atoms with Gasteiger partial charge < -0.3 is 5.32 Å². The van der Waals surface area contributed by atoms with Crippen LogP contribution >= 0.6 is 11.8 Å². The molecule has 2 atom stereocenters. The molecular formula is C5H8N4OS. The third-order valence-corrected chi connectivity index (χ3v) is 2.77. The van der Waals surface area contributed by atoms with Gasteiger partial charge in [0.05, 0.1) is 5.37 Å². The Kier molecular flexibility index (Phi) is 1.97. The van der Waals surface area contributed by atoms with Gasteiger partial charge in [-0.3, -0.25) is 4.79 Å². The molecule has 1 aliphatic rings. The van der Waals surface area contributed by atoms with Gasteiger partial charge in [0, 0.05) is 4.91 Å². The number of amides is 1. The van der Waals surface area contributed by atoms with E-state index in [0.29, 0.717) is 0 Å². The van der Waals surface area contributed by atoms with Gasteiger partial charge in [-0.25, -0.2) is 0 Å². The summed E-state index contributed by atoms with van der Waals surface area (Å²) >= 11 is 1.47. The van der Waals surface area contributed by atoms with Crippen LogP contribution < -0.4 is 5.32 Å². The van der Waals surface area contributed by atoms with Crippen molar-refractivity contribution >= 4 is 17.7 Å². The predicted octanol–water partition coefficient (Wildman–Crippen LogP) is 0.874. The minimum atomic E-state index is -0.881. The van der Waals surface area contributed by atoms with E-state index >= 15 is 0 Å². The average molecular weight is 172 g/mol. The molecule has 60 valence electrons. The fourth-order valence-corrected chi connectivity index (χ4v) is 1.76. The molecule has 0 bridgehead atoms. The summed E-state index contributed by atoms with van der Waals surface area (Å²) in [5.41, 5.74) is 7.29. The van der Waals surface area contributed by atoms with E-state index in [2.05, 4.69) is 15.3 Å². The molecule has 0 saturated carbocycles. The Morgan fingerprint density at radius 3 is 2.91 bits per heavy atom. The number of azide groups is 1. The Morgan fingerprint density at radius 1 is 1.91 bits per heavy atom. The van der Waals surface area contributed by atoms with E-state index in [1.165, 1.54) is 11.8 Å².